The van der Waals surface area contributed by atoms with E-state index in [2.05, 4.69) is 11.1 Å². The Kier molecular flexibility index (Phi) is 8.64. The summed E-state index contributed by atoms with van der Waals surface area (Å²) < 4.78 is 11.3. The van der Waals surface area contributed by atoms with Crippen LogP contribution < -0.4 is 4.74 Å². The Bertz CT molecular complexity index is 1050. The number of carboxylic acids is 1. The minimum absolute atomic E-state index is 0.104. The second kappa shape index (κ2) is 11.9. The monoisotopic (exact) mass is 499 g/mol. The molecule has 1 aromatic heterocycles. The molecule has 2 aliphatic heterocycles. The molecule has 196 valence electrons. The van der Waals surface area contributed by atoms with Gasteiger partial charge in [0.25, 0.3) is 5.91 Å². The average Bonchev–Trinajstić information content (AvgIpc) is 3.58. The van der Waals surface area contributed by atoms with Gasteiger partial charge in [-0.2, -0.15) is 0 Å². The molecule has 1 aromatic carbocycles. The van der Waals surface area contributed by atoms with Gasteiger partial charge in [0.15, 0.2) is 5.89 Å². The molecule has 1 N–H and O–H groups in total. The van der Waals surface area contributed by atoms with Gasteiger partial charge >= 0.3 is 5.97 Å². The van der Waals surface area contributed by atoms with Crippen LogP contribution in [0.15, 0.2) is 28.8 Å². The molecule has 9 nitrogen and oxygen atoms in total. The van der Waals surface area contributed by atoms with Crippen molar-refractivity contribution in [2.24, 2.45) is 5.92 Å². The number of nitrogens with zero attached hydrogens (tertiary/aromatic N) is 3. The van der Waals surface area contributed by atoms with Gasteiger partial charge in [-0.25, -0.2) is 10.0 Å². The van der Waals surface area contributed by atoms with Crippen LogP contribution in [0, 0.1) is 12.8 Å². The normalized spacial score (nSPS) is 21.4. The third-order valence-electron chi connectivity index (χ3n) is 6.99. The fraction of sp³-hybridized carbons (Fsp3) is 0.593. The lowest BCUT2D eigenvalue weighted by atomic mass is 9.83. The Morgan fingerprint density at radius 1 is 1.28 bits per heavy atom. The van der Waals surface area contributed by atoms with E-state index in [1.807, 2.05) is 37.8 Å². The fourth-order valence-electron chi connectivity index (χ4n) is 5.33. The minimum Gasteiger partial charge on any atom is -0.493 e. The Balaban J connectivity index is 1.59. The Hall–Kier alpha value is -2.91. The molecule has 0 unspecified atom stereocenters. The Labute approximate surface area is 212 Å². The average molecular weight is 500 g/mol. The first-order valence-electron chi connectivity index (χ1n) is 13.0. The summed E-state index contributed by atoms with van der Waals surface area (Å²) in [5.74, 6) is 0.274. The first-order chi connectivity index (χ1) is 17.4. The van der Waals surface area contributed by atoms with Crippen LogP contribution in [-0.2, 0) is 27.3 Å². The number of oxazole rings is 1. The minimum atomic E-state index is -0.854. The van der Waals surface area contributed by atoms with E-state index in [9.17, 15) is 14.7 Å². The topological polar surface area (TPSA) is 105 Å². The highest BCUT2D eigenvalue weighted by Gasteiger charge is 2.47. The molecule has 1 amide bonds. The third kappa shape index (κ3) is 5.90. The number of amides is 1. The lowest BCUT2D eigenvalue weighted by molar-refractivity contribution is -0.188. The predicted octanol–water partition coefficient (Wildman–Crippen LogP) is 3.60. The van der Waals surface area contributed by atoms with E-state index in [4.69, 9.17) is 14.0 Å². The Morgan fingerprint density at radius 2 is 2.11 bits per heavy atom. The zero-order valence-corrected chi connectivity index (χ0v) is 21.4. The van der Waals surface area contributed by atoms with Crippen molar-refractivity contribution in [1.29, 1.82) is 0 Å². The van der Waals surface area contributed by atoms with Crippen LogP contribution in [0.1, 0.15) is 61.8 Å². The summed E-state index contributed by atoms with van der Waals surface area (Å²) in [7, 11) is 0. The van der Waals surface area contributed by atoms with Gasteiger partial charge in [0.1, 0.15) is 11.5 Å². The van der Waals surface area contributed by atoms with Gasteiger partial charge in [-0.15, -0.1) is 0 Å². The zero-order chi connectivity index (χ0) is 25.7. The van der Waals surface area contributed by atoms with Gasteiger partial charge in [-0.1, -0.05) is 26.0 Å². The van der Waals surface area contributed by atoms with E-state index in [1.54, 1.807) is 6.20 Å². The number of aromatic nitrogens is 1. The third-order valence-corrected chi connectivity index (χ3v) is 6.99. The van der Waals surface area contributed by atoms with E-state index in [1.165, 1.54) is 5.06 Å². The number of ether oxygens (including phenoxy) is 1. The maximum atomic E-state index is 13.3. The molecule has 1 saturated heterocycles. The van der Waals surface area contributed by atoms with Gasteiger partial charge in [0.05, 0.1) is 31.9 Å². The van der Waals surface area contributed by atoms with Crippen LogP contribution in [0.3, 0.4) is 0 Å². The van der Waals surface area contributed by atoms with Crippen molar-refractivity contribution in [3.63, 3.8) is 0 Å². The second-order valence-electron chi connectivity index (χ2n) is 9.67. The zero-order valence-electron chi connectivity index (χ0n) is 21.4. The van der Waals surface area contributed by atoms with Crippen molar-refractivity contribution in [3.8, 4) is 5.75 Å². The maximum Gasteiger partial charge on any atom is 0.308 e. The molecule has 2 aromatic rings. The molecule has 3 atom stereocenters. The van der Waals surface area contributed by atoms with Gasteiger partial charge in [-0.3, -0.25) is 19.3 Å². The highest BCUT2D eigenvalue weighted by molar-refractivity contribution is 5.78. The van der Waals surface area contributed by atoms with Gasteiger partial charge in [0.2, 0.25) is 0 Å². The fourth-order valence-corrected chi connectivity index (χ4v) is 5.33. The summed E-state index contributed by atoms with van der Waals surface area (Å²) in [6.07, 6.45) is 5.11. The number of carbonyl (C=O) groups excluding carboxylic acids is 1. The highest BCUT2D eigenvalue weighted by Crippen LogP contribution is 2.41. The number of aryl methyl sites for hydroxylation is 2. The number of hydrogen-bond acceptors (Lipinski definition) is 7. The first-order valence-corrected chi connectivity index (χ1v) is 13.0. The number of aliphatic carboxylic acids is 1. The van der Waals surface area contributed by atoms with Crippen LogP contribution >= 0.6 is 0 Å². The highest BCUT2D eigenvalue weighted by atomic mass is 16.7. The summed E-state index contributed by atoms with van der Waals surface area (Å²) >= 11 is 0. The number of rotatable bonds is 12. The molecule has 36 heavy (non-hydrogen) atoms. The van der Waals surface area contributed by atoms with Gasteiger partial charge < -0.3 is 14.3 Å². The summed E-state index contributed by atoms with van der Waals surface area (Å²) in [4.78, 5) is 37.9. The van der Waals surface area contributed by atoms with E-state index < -0.39 is 11.9 Å². The lowest BCUT2D eigenvalue weighted by Crippen LogP contribution is -2.44. The molecule has 3 heterocycles. The van der Waals surface area contributed by atoms with Crippen molar-refractivity contribution < 1.29 is 28.7 Å². The maximum absolute atomic E-state index is 13.3. The number of hydroxylamine groups is 2. The molecular formula is C27H37N3O6. The van der Waals surface area contributed by atoms with Crippen molar-refractivity contribution in [2.45, 2.75) is 64.8 Å². The number of carbonyl (C=O) groups is 2. The number of likely N-dealkylation sites (tertiary alicyclic amines) is 1. The molecule has 0 saturated carbocycles. The van der Waals surface area contributed by atoms with E-state index in [-0.39, 0.29) is 24.4 Å². The molecule has 9 heteroatoms. The quantitative estimate of drug-likeness (QED) is 0.442. The second-order valence-corrected chi connectivity index (χ2v) is 9.67. The van der Waals surface area contributed by atoms with Crippen LogP contribution in [-0.4, -0.2) is 70.8 Å². The van der Waals surface area contributed by atoms with Crippen LogP contribution in [0.5, 0.6) is 5.75 Å². The molecule has 0 spiro atoms. The molecular weight excluding hydrogens is 462 g/mol. The van der Waals surface area contributed by atoms with E-state index in [0.717, 1.165) is 41.9 Å². The lowest BCUT2D eigenvalue weighted by Gasteiger charge is -2.28. The molecule has 4 rings (SSSR count). The molecule has 2 aliphatic rings. The molecule has 0 aliphatic carbocycles. The molecule has 0 radical (unpaired) electrons. The summed E-state index contributed by atoms with van der Waals surface area (Å²) in [6, 6.07) is 5.65. The van der Waals surface area contributed by atoms with E-state index in [0.29, 0.717) is 45.0 Å². The van der Waals surface area contributed by atoms with Crippen LogP contribution in [0.25, 0.3) is 0 Å². The van der Waals surface area contributed by atoms with Crippen molar-refractivity contribution in [2.75, 3.05) is 32.8 Å². The smallest absolute Gasteiger partial charge is 0.308 e. The van der Waals surface area contributed by atoms with Crippen molar-refractivity contribution in [3.05, 3.63) is 47.2 Å². The number of hydrogen-bond donors (Lipinski definition) is 1. The van der Waals surface area contributed by atoms with Crippen LogP contribution in [0.4, 0.5) is 0 Å². The number of fused-ring (bicyclic) bond motifs is 1. The van der Waals surface area contributed by atoms with Crippen LogP contribution in [0.2, 0.25) is 0 Å². The van der Waals surface area contributed by atoms with Crippen molar-refractivity contribution in [1.82, 2.24) is 14.9 Å². The SMILES string of the molecule is CCCON(CCC)C(=O)CN1C[C@H](c2ccc3c(c2)CCO3)[C@@H](C(=O)O)[C@@H]1CCc1ncc(C)o1. The van der Waals surface area contributed by atoms with Crippen molar-refractivity contribution >= 4 is 11.9 Å². The molecule has 1 fully saturated rings. The van der Waals surface area contributed by atoms with Gasteiger partial charge in [0, 0.05) is 37.9 Å². The number of benzene rings is 1. The largest absolute Gasteiger partial charge is 0.493 e. The number of carboxylic acid groups (broad SMARTS) is 1. The van der Waals surface area contributed by atoms with Gasteiger partial charge in [-0.05, 0) is 43.4 Å². The Morgan fingerprint density at radius 3 is 2.81 bits per heavy atom. The summed E-state index contributed by atoms with van der Waals surface area (Å²) in [5, 5.41) is 11.8. The summed E-state index contributed by atoms with van der Waals surface area (Å²) in [5.41, 5.74) is 2.09. The predicted molar refractivity (Wildman–Crippen MR) is 133 cm³/mol. The first kappa shape index (κ1) is 26.2. The summed E-state index contributed by atoms with van der Waals surface area (Å²) in [6.45, 7) is 8.04. The standard InChI is InChI=1S/C27H37N3O6/c1-4-11-30(35-12-5-2)25(31)17-29-16-21(19-6-8-23-20(14-19)10-13-34-23)26(27(32)33)22(29)7-9-24-28-15-18(3)36-24/h6,8,14-15,21-22,26H,4-5,7,9-13,16-17H2,1-3H3,(H,32,33)/t21-,22+,26-/m1/s1. The molecule has 0 bridgehead atoms. The van der Waals surface area contributed by atoms with E-state index >= 15 is 0 Å².